The Morgan fingerprint density at radius 3 is 2.21 bits per heavy atom. The van der Waals surface area contributed by atoms with Gasteiger partial charge < -0.3 is 48.7 Å². The molecule has 6 bridgehead atoms. The average Bonchev–Trinajstić information content (AvgIpc) is 4.23. The Kier molecular flexibility index (Phi) is 12.6. The third-order valence-electron chi connectivity index (χ3n) is 13.9. The van der Waals surface area contributed by atoms with E-state index in [0.29, 0.717) is 59.8 Å². The number of hydrogen-bond acceptors (Lipinski definition) is 11. The highest BCUT2D eigenvalue weighted by atomic mass is 16.5. The number of aromatic nitrogens is 3. The molecule has 14 heteroatoms. The first-order chi connectivity index (χ1) is 35.6. The number of carboxylic acids is 1. The number of nitrogens with zero attached hydrogens (tertiary/aromatic N) is 4. The molecule has 2 aliphatic heterocycles. The molecule has 11 rings (SSSR count). The van der Waals surface area contributed by atoms with Gasteiger partial charge in [0.05, 0.1) is 17.8 Å². The lowest BCUT2D eigenvalue weighted by Crippen LogP contribution is -2.42. The molecule has 2 aliphatic rings. The van der Waals surface area contributed by atoms with Gasteiger partial charge in [0.2, 0.25) is 11.8 Å². The molecule has 3 atom stereocenters. The molecule has 73 heavy (non-hydrogen) atoms. The second kappa shape index (κ2) is 19.6. The first-order valence-corrected chi connectivity index (χ1v) is 24.4. The van der Waals surface area contributed by atoms with E-state index >= 15 is 0 Å². The molecule has 4 N–H and O–H groups in total. The first kappa shape index (κ1) is 46.9. The third kappa shape index (κ3) is 8.78. The summed E-state index contributed by atoms with van der Waals surface area (Å²) in [6, 6.07) is 45.8. The molecule has 6 aromatic carbocycles. The minimum atomic E-state index is -1.36. The fraction of sp³-hybridized carbons (Fsp3) is 0.220. The zero-order chi connectivity index (χ0) is 50.2. The normalized spacial score (nSPS) is 15.3. The molecule has 0 saturated heterocycles. The van der Waals surface area contributed by atoms with Gasteiger partial charge in [-0.05, 0) is 51.4 Å². The lowest BCUT2D eigenvalue weighted by molar-refractivity contribution is -0.139. The number of methoxy groups -OCH3 is 1. The number of hydrogen-bond donors (Lipinski definition) is 3. The molecule has 368 valence electrons. The van der Waals surface area contributed by atoms with Crippen molar-refractivity contribution in [3.63, 3.8) is 0 Å². The van der Waals surface area contributed by atoms with Gasteiger partial charge in [-0.25, -0.2) is 19.6 Å². The lowest BCUT2D eigenvalue weighted by atomic mass is 9.71. The van der Waals surface area contributed by atoms with Crippen LogP contribution < -0.4 is 20.7 Å². The van der Waals surface area contributed by atoms with Crippen molar-refractivity contribution in [1.29, 1.82) is 0 Å². The van der Waals surface area contributed by atoms with Crippen LogP contribution in [0.2, 0.25) is 0 Å². The average molecular weight is 975 g/mol. The Morgan fingerprint density at radius 1 is 0.795 bits per heavy atom. The van der Waals surface area contributed by atoms with Crippen LogP contribution in [0, 0.1) is 5.92 Å². The van der Waals surface area contributed by atoms with Gasteiger partial charge in [-0.2, -0.15) is 0 Å². The predicted molar refractivity (Wildman–Crippen MR) is 277 cm³/mol. The van der Waals surface area contributed by atoms with E-state index in [0.717, 1.165) is 55.5 Å². The van der Waals surface area contributed by atoms with Crippen molar-refractivity contribution in [3.05, 3.63) is 203 Å². The molecular formula is C59H54N6O8. The summed E-state index contributed by atoms with van der Waals surface area (Å²) >= 11 is 0. The molecule has 0 fully saturated rings. The number of rotatable bonds is 16. The van der Waals surface area contributed by atoms with Gasteiger partial charge in [-0.15, -0.1) is 0 Å². The van der Waals surface area contributed by atoms with Gasteiger partial charge in [-0.1, -0.05) is 147 Å². The van der Waals surface area contributed by atoms with Gasteiger partial charge >= 0.3 is 12.1 Å². The van der Waals surface area contributed by atoms with Crippen LogP contribution in [0.15, 0.2) is 167 Å². The summed E-state index contributed by atoms with van der Waals surface area (Å²) in [7, 11) is 1.67. The molecule has 1 amide bonds. The number of carbonyl (C=O) groups is 2. The molecule has 0 aliphatic carbocycles. The highest BCUT2D eigenvalue weighted by Crippen LogP contribution is 2.58. The van der Waals surface area contributed by atoms with Crippen molar-refractivity contribution >= 4 is 28.7 Å². The summed E-state index contributed by atoms with van der Waals surface area (Å²) in [6.45, 7) is 5.33. The van der Waals surface area contributed by atoms with Crippen molar-refractivity contribution in [3.8, 4) is 39.8 Å². The quantitative estimate of drug-likeness (QED) is 0.0835. The van der Waals surface area contributed by atoms with Gasteiger partial charge in [0.1, 0.15) is 37.2 Å². The van der Waals surface area contributed by atoms with Crippen LogP contribution in [0.1, 0.15) is 64.9 Å². The summed E-state index contributed by atoms with van der Waals surface area (Å²) in [5.41, 5.74) is 15.7. The van der Waals surface area contributed by atoms with Gasteiger partial charge in [0.15, 0.2) is 17.2 Å². The highest BCUT2D eigenvalue weighted by molar-refractivity contribution is 6.08. The number of fused-ring (bicyclic) bond motifs is 7. The van der Waals surface area contributed by atoms with Crippen LogP contribution >= 0.6 is 0 Å². The number of oxazole rings is 2. The summed E-state index contributed by atoms with van der Waals surface area (Å²) in [5, 5.41) is 14.2. The molecule has 0 radical (unpaired) electrons. The summed E-state index contributed by atoms with van der Waals surface area (Å²) < 4.78 is 34.4. The van der Waals surface area contributed by atoms with Crippen molar-refractivity contribution < 1.29 is 37.7 Å². The molecule has 0 spiro atoms. The Labute approximate surface area is 422 Å². The minimum absolute atomic E-state index is 0.0250. The Balaban J connectivity index is 1.17. The fourth-order valence-electron chi connectivity index (χ4n) is 10.3. The maximum atomic E-state index is 13.3. The molecule has 1 unspecified atom stereocenters. The number of carboxylic acid groups (broad SMARTS) is 1. The molecule has 9 aromatic rings. The van der Waals surface area contributed by atoms with Gasteiger partial charge in [0, 0.05) is 60.6 Å². The number of amides is 1. The van der Waals surface area contributed by atoms with Gasteiger partial charge in [-0.3, -0.25) is 0 Å². The van der Waals surface area contributed by atoms with E-state index in [4.69, 9.17) is 38.7 Å². The van der Waals surface area contributed by atoms with Crippen LogP contribution in [-0.4, -0.2) is 51.4 Å². The molecular weight excluding hydrogens is 921 g/mol. The van der Waals surface area contributed by atoms with E-state index < -0.39 is 29.6 Å². The van der Waals surface area contributed by atoms with Crippen LogP contribution in [0.3, 0.4) is 0 Å². The topological polar surface area (TPSA) is 180 Å². The number of benzene rings is 6. The number of nitrogens with one attached hydrogen (secondary N) is 1. The van der Waals surface area contributed by atoms with E-state index in [9.17, 15) is 14.7 Å². The van der Waals surface area contributed by atoms with E-state index in [1.165, 1.54) is 0 Å². The van der Waals surface area contributed by atoms with E-state index in [2.05, 4.69) is 63.3 Å². The zero-order valence-electron chi connectivity index (χ0n) is 40.7. The van der Waals surface area contributed by atoms with Crippen molar-refractivity contribution in [2.24, 2.45) is 11.7 Å². The number of aliphatic carboxylic acids is 1. The van der Waals surface area contributed by atoms with E-state index in [1.807, 2.05) is 117 Å². The maximum absolute atomic E-state index is 13.3. The number of alkyl carbamates (subject to hydrolysis) is 1. The van der Waals surface area contributed by atoms with Crippen molar-refractivity contribution in [2.75, 3.05) is 18.6 Å². The fourth-order valence-corrected chi connectivity index (χ4v) is 10.3. The molecule has 14 nitrogen and oxygen atoms in total. The number of ether oxygens (including phenoxy) is 3. The van der Waals surface area contributed by atoms with E-state index in [1.54, 1.807) is 13.3 Å². The summed E-state index contributed by atoms with van der Waals surface area (Å²) in [4.78, 5) is 39.0. The van der Waals surface area contributed by atoms with Crippen LogP contribution in [-0.2, 0) is 52.6 Å². The molecule has 0 saturated carbocycles. The first-order valence-electron chi connectivity index (χ1n) is 24.4. The lowest BCUT2D eigenvalue weighted by Gasteiger charge is -2.32. The van der Waals surface area contributed by atoms with Crippen molar-refractivity contribution in [1.82, 2.24) is 19.9 Å². The molecule has 3 aromatic heterocycles. The zero-order valence-corrected chi connectivity index (χ0v) is 40.7. The number of carbonyl (C=O) groups excluding carboxylic acids is 1. The van der Waals surface area contributed by atoms with Crippen LogP contribution in [0.5, 0.6) is 5.75 Å². The monoisotopic (exact) mass is 974 g/mol. The van der Waals surface area contributed by atoms with Crippen LogP contribution in [0.4, 0.5) is 10.5 Å². The van der Waals surface area contributed by atoms with Crippen molar-refractivity contribution in [2.45, 2.75) is 64.3 Å². The maximum Gasteiger partial charge on any atom is 0.408 e. The van der Waals surface area contributed by atoms with Crippen LogP contribution in [0.25, 0.3) is 44.9 Å². The number of nitrogens with two attached hydrogens (primary N) is 1. The summed E-state index contributed by atoms with van der Waals surface area (Å²) in [6.07, 6.45) is 2.81. The highest BCUT2D eigenvalue weighted by Gasteiger charge is 2.53. The number of anilines is 1. The number of para-hydroxylation sites is 1. The predicted octanol–water partition coefficient (Wildman–Crippen LogP) is 11.0. The van der Waals surface area contributed by atoms with Gasteiger partial charge in [0.25, 0.3) is 0 Å². The Hall–Kier alpha value is -8.46. The largest absolute Gasteiger partial charge is 0.489 e. The summed E-state index contributed by atoms with van der Waals surface area (Å²) in [5.74, 6) is 0.713. The minimum Gasteiger partial charge on any atom is -0.489 e. The van der Waals surface area contributed by atoms with E-state index in [-0.39, 0.29) is 31.4 Å². The smallest absolute Gasteiger partial charge is 0.408 e. The second-order valence-corrected chi connectivity index (χ2v) is 19.0. The second-order valence-electron chi connectivity index (χ2n) is 19.0. The Bertz CT molecular complexity index is 3460. The molecule has 5 heterocycles. The SMILES string of the molecule is COCn1cc2c3c(cccc31)-c1cccc3c1N(Cc1ccccc1)CC3(c1cc(C[C@H](NC(=O)OCc3ccccc3)C(=O)O)ccc1OCc1ccccc1)c1oc([C@@H](N)C(C)C)nc1-c1ncc-2o1. The standard InChI is InChI=1S/C59H54N6O8/c1-36(2)51(60)55-63-52-54(73-55)59(45-27-40(25-26-48(45)70-32-38-17-9-5-10-18-38)28-46(57(66)67)62-58(68)71-33-39-19-11-6-12-20-39)34-64(30-37-15-7-4-8-16-37)53-42(22-13-23-44(53)59)41-21-14-24-47-50(41)43(31-65(47)35-69-3)49-29-61-56(52)72-49/h4-27,29,31,36,46,51H,28,30,32-35,60H2,1-3H3,(H,62,68)(H,66,67)/t46-,51-,59?/m0/s1. The Morgan fingerprint density at radius 2 is 1.49 bits per heavy atom. The third-order valence-corrected chi connectivity index (χ3v) is 13.9.